The molecule has 2 saturated heterocycles. The predicted octanol–water partition coefficient (Wildman–Crippen LogP) is 3.91. The summed E-state index contributed by atoms with van der Waals surface area (Å²) in [6, 6.07) is 10.1. The van der Waals surface area contributed by atoms with E-state index in [1.807, 2.05) is 24.8 Å². The summed E-state index contributed by atoms with van der Waals surface area (Å²) < 4.78 is 13.3. The molecule has 1 aromatic carbocycles. The molecule has 2 amide bonds. The van der Waals surface area contributed by atoms with Gasteiger partial charge in [-0.2, -0.15) is 0 Å². The molecule has 0 radical (unpaired) electrons. The molecule has 2 atom stereocenters. The molecule has 0 bridgehead atoms. The summed E-state index contributed by atoms with van der Waals surface area (Å²) in [6.45, 7) is 5.81. The van der Waals surface area contributed by atoms with Crippen LogP contribution in [0.4, 0.5) is 4.39 Å². The Labute approximate surface area is 176 Å². The second-order valence-corrected chi connectivity index (χ2v) is 8.42. The van der Waals surface area contributed by atoms with Gasteiger partial charge in [-0.1, -0.05) is 12.1 Å². The average molecular weight is 410 g/mol. The van der Waals surface area contributed by atoms with Gasteiger partial charge in [0.2, 0.25) is 11.8 Å². The molecule has 4 rings (SSSR count). The Balaban J connectivity index is 1.52. The summed E-state index contributed by atoms with van der Waals surface area (Å²) in [6.07, 6.45) is 3.26. The van der Waals surface area contributed by atoms with E-state index < -0.39 is 6.04 Å². The second-order valence-electron chi connectivity index (χ2n) is 8.42. The minimum atomic E-state index is -0.404. The Bertz CT molecular complexity index is 944. The van der Waals surface area contributed by atoms with Crippen LogP contribution >= 0.6 is 0 Å². The van der Waals surface area contributed by atoms with Gasteiger partial charge in [0.1, 0.15) is 11.9 Å². The molecule has 2 aliphatic heterocycles. The SMILES string of the molecule is Cc1cc(-c2ccc(F)cc2)cc([C@H]2CCCN(C(=O)[C@H](C)N3CCCC3=O)C2)n1. The van der Waals surface area contributed by atoms with Crippen LogP contribution in [0.1, 0.15) is 49.9 Å². The molecular weight excluding hydrogens is 381 g/mol. The molecule has 1 aromatic heterocycles. The quantitative estimate of drug-likeness (QED) is 0.769. The Morgan fingerprint density at radius 3 is 2.60 bits per heavy atom. The van der Waals surface area contributed by atoms with Crippen LogP contribution in [0, 0.1) is 12.7 Å². The molecule has 3 heterocycles. The number of aromatic nitrogens is 1. The highest BCUT2D eigenvalue weighted by molar-refractivity contribution is 5.88. The van der Waals surface area contributed by atoms with Gasteiger partial charge in [-0.3, -0.25) is 14.6 Å². The maximum atomic E-state index is 13.3. The van der Waals surface area contributed by atoms with Gasteiger partial charge < -0.3 is 9.80 Å². The van der Waals surface area contributed by atoms with E-state index in [-0.39, 0.29) is 23.5 Å². The van der Waals surface area contributed by atoms with Crippen molar-refractivity contribution in [3.63, 3.8) is 0 Å². The number of carbonyl (C=O) groups is 2. The third kappa shape index (κ3) is 4.23. The molecule has 0 spiro atoms. The largest absolute Gasteiger partial charge is 0.340 e. The number of carbonyl (C=O) groups excluding carboxylic acids is 2. The van der Waals surface area contributed by atoms with Crippen molar-refractivity contribution in [1.82, 2.24) is 14.8 Å². The van der Waals surface area contributed by atoms with Gasteiger partial charge >= 0.3 is 0 Å². The summed E-state index contributed by atoms with van der Waals surface area (Å²) >= 11 is 0. The zero-order valence-corrected chi connectivity index (χ0v) is 17.6. The zero-order valence-electron chi connectivity index (χ0n) is 17.6. The number of rotatable bonds is 4. The fourth-order valence-electron chi connectivity index (χ4n) is 4.61. The van der Waals surface area contributed by atoms with Crippen LogP contribution in [-0.4, -0.2) is 52.3 Å². The van der Waals surface area contributed by atoms with Crippen LogP contribution in [0.2, 0.25) is 0 Å². The first-order chi connectivity index (χ1) is 14.4. The van der Waals surface area contributed by atoms with Gasteiger partial charge in [0.15, 0.2) is 0 Å². The first-order valence-electron chi connectivity index (χ1n) is 10.7. The average Bonchev–Trinajstić information content (AvgIpc) is 3.18. The lowest BCUT2D eigenvalue weighted by Gasteiger charge is -2.36. The number of piperidine rings is 1. The normalized spacial score (nSPS) is 20.5. The first-order valence-corrected chi connectivity index (χ1v) is 10.7. The van der Waals surface area contributed by atoms with Crippen molar-refractivity contribution in [2.75, 3.05) is 19.6 Å². The number of amides is 2. The monoisotopic (exact) mass is 409 g/mol. The van der Waals surface area contributed by atoms with E-state index in [1.54, 1.807) is 17.0 Å². The summed E-state index contributed by atoms with van der Waals surface area (Å²) in [4.78, 5) is 33.5. The molecule has 0 aliphatic carbocycles. The van der Waals surface area contributed by atoms with Gasteiger partial charge in [0.05, 0.1) is 0 Å². The summed E-state index contributed by atoms with van der Waals surface area (Å²) in [5.74, 6) is 0.00938. The maximum absolute atomic E-state index is 13.3. The Kier molecular flexibility index (Phi) is 5.84. The summed E-state index contributed by atoms with van der Waals surface area (Å²) in [7, 11) is 0. The second kappa shape index (κ2) is 8.54. The van der Waals surface area contributed by atoms with Crippen molar-refractivity contribution in [1.29, 1.82) is 0 Å². The van der Waals surface area contributed by atoms with E-state index in [4.69, 9.17) is 4.98 Å². The van der Waals surface area contributed by atoms with Crippen LogP contribution in [0.3, 0.4) is 0 Å². The number of pyridine rings is 1. The maximum Gasteiger partial charge on any atom is 0.245 e. The zero-order chi connectivity index (χ0) is 21.3. The van der Waals surface area contributed by atoms with Crippen LogP contribution < -0.4 is 0 Å². The Morgan fingerprint density at radius 1 is 1.13 bits per heavy atom. The number of benzene rings is 1. The minimum absolute atomic E-state index is 0.0290. The fraction of sp³-hybridized carbons (Fsp3) is 0.458. The highest BCUT2D eigenvalue weighted by Gasteiger charge is 2.34. The molecule has 2 fully saturated rings. The molecule has 30 heavy (non-hydrogen) atoms. The molecule has 0 N–H and O–H groups in total. The van der Waals surface area contributed by atoms with Crippen LogP contribution in [0.25, 0.3) is 11.1 Å². The van der Waals surface area contributed by atoms with Crippen molar-refractivity contribution >= 4 is 11.8 Å². The lowest BCUT2D eigenvalue weighted by Crippen LogP contribution is -2.50. The van der Waals surface area contributed by atoms with E-state index in [0.717, 1.165) is 48.3 Å². The molecule has 2 aromatic rings. The van der Waals surface area contributed by atoms with Gasteiger partial charge in [0, 0.05) is 43.4 Å². The Hall–Kier alpha value is -2.76. The highest BCUT2D eigenvalue weighted by Crippen LogP contribution is 2.30. The third-order valence-electron chi connectivity index (χ3n) is 6.24. The van der Waals surface area contributed by atoms with E-state index in [0.29, 0.717) is 19.5 Å². The van der Waals surface area contributed by atoms with Crippen molar-refractivity contribution in [3.05, 3.63) is 53.6 Å². The van der Waals surface area contributed by atoms with Gasteiger partial charge in [-0.25, -0.2) is 4.39 Å². The Morgan fingerprint density at radius 2 is 1.90 bits per heavy atom. The van der Waals surface area contributed by atoms with Gasteiger partial charge in [0.25, 0.3) is 0 Å². The van der Waals surface area contributed by atoms with E-state index in [9.17, 15) is 14.0 Å². The number of hydrogen-bond donors (Lipinski definition) is 0. The number of aryl methyl sites for hydroxylation is 1. The molecule has 0 unspecified atom stereocenters. The standard InChI is InChI=1S/C24H28FN3O2/c1-16-13-20(18-7-9-21(25)10-8-18)14-22(26-16)19-5-3-11-27(15-19)24(30)17(2)28-12-4-6-23(28)29/h7-10,13-14,17,19H,3-6,11-12,15H2,1-2H3/t17-,19-/m0/s1. The number of halogens is 1. The summed E-state index contributed by atoms with van der Waals surface area (Å²) in [5.41, 5.74) is 3.84. The van der Waals surface area contributed by atoms with Crippen LogP contribution in [0.15, 0.2) is 36.4 Å². The van der Waals surface area contributed by atoms with Crippen LogP contribution in [0.5, 0.6) is 0 Å². The lowest BCUT2D eigenvalue weighted by atomic mass is 9.92. The molecule has 0 saturated carbocycles. The van der Waals surface area contributed by atoms with E-state index in [2.05, 4.69) is 6.07 Å². The molecule has 5 nitrogen and oxygen atoms in total. The van der Waals surface area contributed by atoms with Crippen molar-refractivity contribution in [3.8, 4) is 11.1 Å². The number of nitrogens with zero attached hydrogens (tertiary/aromatic N) is 3. The van der Waals surface area contributed by atoms with Crippen LogP contribution in [-0.2, 0) is 9.59 Å². The molecule has 2 aliphatic rings. The smallest absolute Gasteiger partial charge is 0.245 e. The van der Waals surface area contributed by atoms with Crippen molar-refractivity contribution in [2.24, 2.45) is 0 Å². The van der Waals surface area contributed by atoms with Crippen molar-refractivity contribution < 1.29 is 14.0 Å². The molecule has 158 valence electrons. The number of hydrogen-bond acceptors (Lipinski definition) is 3. The summed E-state index contributed by atoms with van der Waals surface area (Å²) in [5, 5.41) is 0. The third-order valence-corrected chi connectivity index (χ3v) is 6.24. The topological polar surface area (TPSA) is 53.5 Å². The molecular formula is C24H28FN3O2. The minimum Gasteiger partial charge on any atom is -0.340 e. The lowest BCUT2D eigenvalue weighted by molar-refractivity contribution is -0.143. The van der Waals surface area contributed by atoms with Gasteiger partial charge in [-0.05, 0) is 68.5 Å². The number of likely N-dealkylation sites (tertiary alicyclic amines) is 2. The van der Waals surface area contributed by atoms with Crippen molar-refractivity contribution in [2.45, 2.75) is 51.5 Å². The predicted molar refractivity (Wildman–Crippen MR) is 113 cm³/mol. The first kappa shape index (κ1) is 20.5. The van der Waals surface area contributed by atoms with Gasteiger partial charge in [-0.15, -0.1) is 0 Å². The van der Waals surface area contributed by atoms with E-state index >= 15 is 0 Å². The highest BCUT2D eigenvalue weighted by atomic mass is 19.1. The fourth-order valence-corrected chi connectivity index (χ4v) is 4.61. The molecule has 6 heteroatoms. The van der Waals surface area contributed by atoms with E-state index in [1.165, 1.54) is 12.1 Å².